The minimum atomic E-state index is 0. The van der Waals surface area contributed by atoms with E-state index in [-0.39, 0.29) is 41.6 Å². The molecule has 0 aliphatic rings. The van der Waals surface area contributed by atoms with Crippen LogP contribution in [0, 0.1) is 41.5 Å². The van der Waals surface area contributed by atoms with E-state index in [1.807, 2.05) is 0 Å². The van der Waals surface area contributed by atoms with Gasteiger partial charge in [0.15, 0.2) is 0 Å². The van der Waals surface area contributed by atoms with Gasteiger partial charge in [-0.15, -0.1) is 0 Å². The minimum absolute atomic E-state index is 0. The summed E-state index contributed by atoms with van der Waals surface area (Å²) < 4.78 is 0. The summed E-state index contributed by atoms with van der Waals surface area (Å²) in [5.41, 5.74) is 10.6. The number of nitrogens with one attached hydrogen (secondary N) is 3. The molecule has 2 aromatic rings. The molecule has 30 heavy (non-hydrogen) atoms. The molecule has 0 heterocycles. The Balaban J connectivity index is 0. The Bertz CT molecular complexity index is 657. The number of aryl methyl sites for hydroxylation is 6. The van der Waals surface area contributed by atoms with E-state index in [2.05, 4.69) is 81.8 Å². The molecule has 6 heteroatoms. The summed E-state index contributed by atoms with van der Waals surface area (Å²) in [5, 5.41) is 10.7. The number of rotatable bonds is 10. The molecular weight excluding hydrogens is 460 g/mol. The first-order chi connectivity index (χ1) is 12.9. The Hall–Kier alpha value is -0.914. The zero-order valence-electron chi connectivity index (χ0n) is 19.1. The van der Waals surface area contributed by atoms with Crippen molar-refractivity contribution in [2.75, 3.05) is 36.8 Å². The third-order valence-electron chi connectivity index (χ3n) is 5.02. The van der Waals surface area contributed by atoms with Gasteiger partial charge in [-0.25, -0.2) is 0 Å². The van der Waals surface area contributed by atoms with Crippen LogP contribution in [-0.2, 0) is 16.8 Å². The molecule has 0 unspecified atom stereocenters. The molecule has 3 N–H and O–H groups in total. The van der Waals surface area contributed by atoms with Crippen LogP contribution in [0.1, 0.15) is 46.2 Å². The first kappa shape index (κ1) is 31.3. The third kappa shape index (κ3) is 9.93. The standard InChI is InChI=1S/C24H37N3.2ClH.Co/c1-17-13-19(3)23(20(4)14-17)26-11-7-9-25-10-8-12-27-24-21(5)15-18(2)16-22(24)6;;;/h13-16,25-27H,7-12H2,1-6H3;2*1H;/q;;;+2/p-2. The van der Waals surface area contributed by atoms with Gasteiger partial charge in [0.05, 0.1) is 0 Å². The SMILES string of the molecule is Cc1cc(C)c(NCCCNCCCNc2c(C)cc(C)cc2C)c(C)c1.[Cl-].[Cl-].[Co+2]. The Morgan fingerprint density at radius 2 is 0.833 bits per heavy atom. The summed E-state index contributed by atoms with van der Waals surface area (Å²) in [4.78, 5) is 0. The van der Waals surface area contributed by atoms with Crippen molar-refractivity contribution < 1.29 is 41.6 Å². The first-order valence-corrected chi connectivity index (χ1v) is 10.2. The van der Waals surface area contributed by atoms with Crippen LogP contribution in [0.2, 0.25) is 0 Å². The van der Waals surface area contributed by atoms with Gasteiger partial charge in [-0.3, -0.25) is 0 Å². The van der Waals surface area contributed by atoms with Crippen molar-refractivity contribution in [3.05, 3.63) is 57.6 Å². The molecule has 2 aromatic carbocycles. The Morgan fingerprint density at radius 1 is 0.533 bits per heavy atom. The van der Waals surface area contributed by atoms with Crippen molar-refractivity contribution in [2.24, 2.45) is 0 Å². The van der Waals surface area contributed by atoms with E-state index in [0.717, 1.165) is 39.0 Å². The van der Waals surface area contributed by atoms with Crippen LogP contribution >= 0.6 is 0 Å². The van der Waals surface area contributed by atoms with Gasteiger partial charge in [0.25, 0.3) is 0 Å². The molecule has 3 nitrogen and oxygen atoms in total. The maximum Gasteiger partial charge on any atom is 2.00 e. The van der Waals surface area contributed by atoms with E-state index in [9.17, 15) is 0 Å². The summed E-state index contributed by atoms with van der Waals surface area (Å²) in [7, 11) is 0. The molecule has 0 aliphatic heterocycles. The molecule has 0 aromatic heterocycles. The predicted molar refractivity (Wildman–Crippen MR) is 120 cm³/mol. The molecule has 0 bridgehead atoms. The monoisotopic (exact) mass is 496 g/mol. The van der Waals surface area contributed by atoms with E-state index in [4.69, 9.17) is 0 Å². The van der Waals surface area contributed by atoms with E-state index >= 15 is 0 Å². The summed E-state index contributed by atoms with van der Waals surface area (Å²) in [5.74, 6) is 0. The number of hydrogen-bond acceptors (Lipinski definition) is 3. The van der Waals surface area contributed by atoms with Crippen molar-refractivity contribution in [1.29, 1.82) is 0 Å². The number of benzene rings is 2. The van der Waals surface area contributed by atoms with Crippen LogP contribution in [0.5, 0.6) is 0 Å². The largest absolute Gasteiger partial charge is 2.00 e. The number of hydrogen-bond donors (Lipinski definition) is 3. The minimum Gasteiger partial charge on any atom is -1.00 e. The maximum absolute atomic E-state index is 3.60. The quantitative estimate of drug-likeness (QED) is 0.386. The average molecular weight is 497 g/mol. The van der Waals surface area contributed by atoms with Crippen LogP contribution in [0.3, 0.4) is 0 Å². The summed E-state index contributed by atoms with van der Waals surface area (Å²) in [6, 6.07) is 8.99. The molecule has 0 amide bonds. The average Bonchev–Trinajstić information content (AvgIpc) is 2.56. The number of anilines is 2. The van der Waals surface area contributed by atoms with Gasteiger partial charge < -0.3 is 40.8 Å². The van der Waals surface area contributed by atoms with Crippen molar-refractivity contribution in [1.82, 2.24) is 5.32 Å². The molecular formula is C24H37Cl2CoN3. The van der Waals surface area contributed by atoms with Gasteiger partial charge >= 0.3 is 16.8 Å². The summed E-state index contributed by atoms with van der Waals surface area (Å²) in [6.45, 7) is 17.2. The van der Waals surface area contributed by atoms with E-state index in [0.29, 0.717) is 0 Å². The number of halogens is 2. The Kier molecular flexibility index (Phi) is 16.5. The van der Waals surface area contributed by atoms with Gasteiger partial charge in [-0.2, -0.15) is 0 Å². The van der Waals surface area contributed by atoms with Gasteiger partial charge in [0.1, 0.15) is 0 Å². The van der Waals surface area contributed by atoms with E-state index in [1.165, 1.54) is 44.8 Å². The Morgan fingerprint density at radius 3 is 1.13 bits per heavy atom. The summed E-state index contributed by atoms with van der Waals surface area (Å²) in [6.07, 6.45) is 2.27. The van der Waals surface area contributed by atoms with E-state index in [1.54, 1.807) is 0 Å². The smallest absolute Gasteiger partial charge is 1.00 e. The second-order valence-corrected chi connectivity index (χ2v) is 7.86. The molecule has 171 valence electrons. The van der Waals surface area contributed by atoms with Gasteiger partial charge in [0.2, 0.25) is 0 Å². The zero-order valence-corrected chi connectivity index (χ0v) is 21.7. The van der Waals surface area contributed by atoms with Crippen LogP contribution in [0.15, 0.2) is 24.3 Å². The molecule has 1 radical (unpaired) electrons. The van der Waals surface area contributed by atoms with Gasteiger partial charge in [0, 0.05) is 24.5 Å². The Labute approximate surface area is 206 Å². The molecule has 0 saturated heterocycles. The topological polar surface area (TPSA) is 36.1 Å². The van der Waals surface area contributed by atoms with Crippen molar-refractivity contribution in [3.63, 3.8) is 0 Å². The van der Waals surface area contributed by atoms with Crippen molar-refractivity contribution in [3.8, 4) is 0 Å². The van der Waals surface area contributed by atoms with Crippen LogP contribution in [0.4, 0.5) is 11.4 Å². The van der Waals surface area contributed by atoms with Gasteiger partial charge in [-0.05, 0) is 89.7 Å². The van der Waals surface area contributed by atoms with Crippen LogP contribution < -0.4 is 40.8 Å². The predicted octanol–water partition coefficient (Wildman–Crippen LogP) is -0.564. The molecule has 0 atom stereocenters. The van der Waals surface area contributed by atoms with E-state index < -0.39 is 0 Å². The molecule has 0 fully saturated rings. The fourth-order valence-corrected chi connectivity index (χ4v) is 3.90. The van der Waals surface area contributed by atoms with Crippen LogP contribution in [0.25, 0.3) is 0 Å². The first-order valence-electron chi connectivity index (χ1n) is 10.2. The molecule has 0 saturated carbocycles. The third-order valence-corrected chi connectivity index (χ3v) is 5.02. The van der Waals surface area contributed by atoms with Gasteiger partial charge in [-0.1, -0.05) is 35.4 Å². The van der Waals surface area contributed by atoms with Crippen LogP contribution in [-0.4, -0.2) is 26.2 Å². The van der Waals surface area contributed by atoms with Crippen molar-refractivity contribution in [2.45, 2.75) is 54.4 Å². The second kappa shape index (κ2) is 15.8. The second-order valence-electron chi connectivity index (χ2n) is 7.86. The molecule has 0 aliphatic carbocycles. The van der Waals surface area contributed by atoms with Crippen molar-refractivity contribution >= 4 is 11.4 Å². The fourth-order valence-electron chi connectivity index (χ4n) is 3.90. The molecule has 2 rings (SSSR count). The normalized spacial score (nSPS) is 9.80. The fraction of sp³-hybridized carbons (Fsp3) is 0.500. The molecule has 0 spiro atoms. The summed E-state index contributed by atoms with van der Waals surface area (Å²) >= 11 is 0. The maximum atomic E-state index is 3.60. The zero-order chi connectivity index (χ0) is 19.8.